The molecule has 1 aromatic carbocycles. The average molecular weight is 617 g/mol. The number of carbonyl (C=O) groups is 4. The number of ether oxygens (including phenoxy) is 3. The summed E-state index contributed by atoms with van der Waals surface area (Å²) in [5.41, 5.74) is 0.0582. The molecule has 0 unspecified atom stereocenters. The zero-order valence-corrected chi connectivity index (χ0v) is 25.6. The first-order valence-corrected chi connectivity index (χ1v) is 15.7. The molecule has 4 saturated heterocycles. The van der Waals surface area contributed by atoms with E-state index in [0.29, 0.717) is 18.8 Å². The number of fused-ring (bicyclic) bond motifs is 2. The van der Waals surface area contributed by atoms with Crippen LogP contribution in [-0.2, 0) is 49.6 Å². The number of rotatable bonds is 12. The molecule has 0 aromatic heterocycles. The number of aliphatic carboxylic acids is 1. The number of hydrogen-bond acceptors (Lipinski definition) is 9. The zero-order valence-electron chi connectivity index (χ0n) is 25.6. The van der Waals surface area contributed by atoms with Gasteiger partial charge in [-0.2, -0.15) is 0 Å². The lowest BCUT2D eigenvalue weighted by molar-refractivity contribution is -0.576. The van der Waals surface area contributed by atoms with Gasteiger partial charge in [-0.15, -0.1) is 0 Å². The summed E-state index contributed by atoms with van der Waals surface area (Å²) in [5, 5.41) is 14.7. The summed E-state index contributed by atoms with van der Waals surface area (Å²) in [6.45, 7) is 6.27. The highest BCUT2D eigenvalue weighted by molar-refractivity contribution is 5.84. The maximum atomic E-state index is 12.8. The second kappa shape index (κ2) is 13.5. The van der Waals surface area contributed by atoms with Crippen molar-refractivity contribution in [2.75, 3.05) is 6.54 Å². The van der Waals surface area contributed by atoms with E-state index in [1.54, 1.807) is 12.1 Å². The SMILES string of the molecule is C[C@@H]1[C@H](OC(=O)CCC(=O)NCCCC(=O)N[C@@H](Cc2ccccc2)C(=O)O)O[C@H]2O[C@@]3(C)CC[C@H]4[C@H](C)CC[C@@H]1[C@@]24OO3. The van der Waals surface area contributed by atoms with Crippen molar-refractivity contribution in [1.82, 2.24) is 10.6 Å². The van der Waals surface area contributed by atoms with E-state index in [2.05, 4.69) is 17.6 Å². The fraction of sp³-hybridized carbons (Fsp3) is 0.688. The van der Waals surface area contributed by atoms with Crippen molar-refractivity contribution < 1.29 is 48.3 Å². The highest BCUT2D eigenvalue weighted by Crippen LogP contribution is 2.60. The van der Waals surface area contributed by atoms with Gasteiger partial charge in [0.2, 0.25) is 23.9 Å². The smallest absolute Gasteiger partial charge is 0.326 e. The molecule has 5 fully saturated rings. The van der Waals surface area contributed by atoms with Gasteiger partial charge in [-0.25, -0.2) is 14.6 Å². The monoisotopic (exact) mass is 616 g/mol. The fourth-order valence-corrected chi connectivity index (χ4v) is 7.29. The maximum Gasteiger partial charge on any atom is 0.326 e. The summed E-state index contributed by atoms with van der Waals surface area (Å²) in [7, 11) is 0. The van der Waals surface area contributed by atoms with Crippen LogP contribution in [0.3, 0.4) is 0 Å². The van der Waals surface area contributed by atoms with Crippen LogP contribution >= 0.6 is 0 Å². The number of carboxylic acids is 1. The van der Waals surface area contributed by atoms with Gasteiger partial charge >= 0.3 is 11.9 Å². The highest BCUT2D eigenvalue weighted by atomic mass is 17.3. The van der Waals surface area contributed by atoms with Crippen molar-refractivity contribution in [2.45, 2.75) is 109 Å². The van der Waals surface area contributed by atoms with Crippen LogP contribution in [0.2, 0.25) is 0 Å². The Morgan fingerprint density at radius 1 is 1.00 bits per heavy atom. The average Bonchev–Trinajstić information content (AvgIpc) is 3.22. The molecule has 3 N–H and O–H groups in total. The van der Waals surface area contributed by atoms with Gasteiger partial charge in [0, 0.05) is 44.1 Å². The second-order valence-corrected chi connectivity index (χ2v) is 12.9. The third kappa shape index (κ3) is 6.93. The van der Waals surface area contributed by atoms with Crippen LogP contribution in [-0.4, -0.2) is 65.4 Å². The maximum absolute atomic E-state index is 12.8. The summed E-state index contributed by atoms with van der Waals surface area (Å²) in [6.07, 6.45) is 2.29. The standard InChI is InChI=1S/C32H44N2O10/c1-19-11-12-23-20(2)29(41-30-32(23)22(19)15-16-31(3,42-30)43-44-32)40-27(37)14-13-25(35)33-17-7-10-26(36)34-24(28(38)39)18-21-8-5-4-6-9-21/h4-6,8-9,19-20,22-24,29-30H,7,10-18H2,1-3H3,(H,33,35)(H,34,36)(H,38,39)/t19-,20+,22+,23+,24+,29-,30+,31-,32-/m1/s1. The van der Waals surface area contributed by atoms with Crippen LogP contribution in [0.4, 0.5) is 0 Å². The van der Waals surface area contributed by atoms with Gasteiger partial charge in [0.1, 0.15) is 6.04 Å². The number of hydrogen-bond donors (Lipinski definition) is 3. The Morgan fingerprint density at radius 2 is 1.77 bits per heavy atom. The van der Waals surface area contributed by atoms with E-state index in [-0.39, 0.29) is 55.9 Å². The normalized spacial score (nSPS) is 34.6. The molecule has 0 radical (unpaired) electrons. The molecule has 4 heterocycles. The molecule has 1 aliphatic carbocycles. The topological polar surface area (TPSA) is 159 Å². The number of amides is 2. The Labute approximate surface area is 257 Å². The Hall–Kier alpha value is -3.06. The van der Waals surface area contributed by atoms with Gasteiger partial charge in [-0.1, -0.05) is 44.2 Å². The molecule has 1 spiro atoms. The first-order chi connectivity index (χ1) is 21.0. The van der Waals surface area contributed by atoms with Crippen molar-refractivity contribution in [1.29, 1.82) is 0 Å². The Bertz CT molecular complexity index is 1210. The molecule has 12 heteroatoms. The summed E-state index contributed by atoms with van der Waals surface area (Å²) >= 11 is 0. The minimum Gasteiger partial charge on any atom is -0.480 e. The van der Waals surface area contributed by atoms with Gasteiger partial charge in [0.25, 0.3) is 0 Å². The van der Waals surface area contributed by atoms with E-state index in [4.69, 9.17) is 24.0 Å². The minimum absolute atomic E-state index is 0.0208. The Kier molecular flexibility index (Phi) is 9.93. The molecule has 242 valence electrons. The van der Waals surface area contributed by atoms with Crippen LogP contribution in [0.25, 0.3) is 0 Å². The van der Waals surface area contributed by atoms with Crippen molar-refractivity contribution >= 4 is 23.8 Å². The summed E-state index contributed by atoms with van der Waals surface area (Å²) < 4.78 is 18.3. The molecule has 1 aromatic rings. The number of esters is 1. The third-order valence-corrected chi connectivity index (χ3v) is 9.72. The Morgan fingerprint density at radius 3 is 2.52 bits per heavy atom. The lowest BCUT2D eigenvalue weighted by Crippen LogP contribution is -2.70. The van der Waals surface area contributed by atoms with Crippen molar-refractivity contribution in [3.05, 3.63) is 35.9 Å². The molecule has 6 rings (SSSR count). The van der Waals surface area contributed by atoms with Crippen LogP contribution in [0, 0.1) is 23.7 Å². The Balaban J connectivity index is 1.03. The molecule has 44 heavy (non-hydrogen) atoms. The summed E-state index contributed by atoms with van der Waals surface area (Å²) in [6, 6.07) is 8.02. The van der Waals surface area contributed by atoms with E-state index >= 15 is 0 Å². The van der Waals surface area contributed by atoms with Gasteiger partial charge in [-0.05, 0) is 50.0 Å². The lowest BCUT2D eigenvalue weighted by Gasteiger charge is -2.59. The van der Waals surface area contributed by atoms with Crippen LogP contribution < -0.4 is 10.6 Å². The molecule has 2 amide bonds. The number of benzene rings is 1. The predicted molar refractivity (Wildman–Crippen MR) is 154 cm³/mol. The van der Waals surface area contributed by atoms with Crippen LogP contribution in [0.15, 0.2) is 30.3 Å². The predicted octanol–water partition coefficient (Wildman–Crippen LogP) is 3.23. The van der Waals surface area contributed by atoms with Crippen molar-refractivity contribution in [3.8, 4) is 0 Å². The first kappa shape index (κ1) is 32.3. The third-order valence-electron chi connectivity index (χ3n) is 9.72. The van der Waals surface area contributed by atoms with Gasteiger partial charge in [-0.3, -0.25) is 14.4 Å². The molecule has 12 nitrogen and oxygen atoms in total. The van der Waals surface area contributed by atoms with E-state index in [1.807, 2.05) is 32.0 Å². The van der Waals surface area contributed by atoms with Gasteiger partial charge in [0.15, 0.2) is 11.9 Å². The molecule has 1 saturated carbocycles. The minimum atomic E-state index is -1.11. The van der Waals surface area contributed by atoms with Gasteiger partial charge < -0.3 is 30.0 Å². The van der Waals surface area contributed by atoms with Crippen LogP contribution in [0.1, 0.15) is 77.7 Å². The van der Waals surface area contributed by atoms with E-state index < -0.39 is 47.9 Å². The van der Waals surface area contributed by atoms with E-state index in [1.165, 1.54) is 0 Å². The molecule has 9 atom stereocenters. The quantitative estimate of drug-likeness (QED) is 0.181. The zero-order chi connectivity index (χ0) is 31.5. The second-order valence-electron chi connectivity index (χ2n) is 12.9. The van der Waals surface area contributed by atoms with Crippen molar-refractivity contribution in [3.63, 3.8) is 0 Å². The highest BCUT2D eigenvalue weighted by Gasteiger charge is 2.69. The summed E-state index contributed by atoms with van der Waals surface area (Å²) in [5.74, 6) is -2.86. The van der Waals surface area contributed by atoms with Crippen LogP contribution in [0.5, 0.6) is 0 Å². The molecular weight excluding hydrogens is 572 g/mol. The molecule has 2 bridgehead atoms. The molecule has 5 aliphatic rings. The lowest BCUT2D eigenvalue weighted by atomic mass is 9.58. The molecule has 4 aliphatic heterocycles. The van der Waals surface area contributed by atoms with Gasteiger partial charge in [0.05, 0.1) is 6.42 Å². The van der Waals surface area contributed by atoms with E-state index in [0.717, 1.165) is 24.8 Å². The summed E-state index contributed by atoms with van der Waals surface area (Å²) in [4.78, 5) is 60.9. The van der Waals surface area contributed by atoms with Crippen molar-refractivity contribution in [2.24, 2.45) is 23.7 Å². The first-order valence-electron chi connectivity index (χ1n) is 15.7. The molecular formula is C32H44N2O10. The largest absolute Gasteiger partial charge is 0.480 e. The fourth-order valence-electron chi connectivity index (χ4n) is 7.29. The number of carbonyl (C=O) groups excluding carboxylic acids is 3. The number of carboxylic acid groups (broad SMARTS) is 1. The number of nitrogens with one attached hydrogen (secondary N) is 2. The van der Waals surface area contributed by atoms with E-state index in [9.17, 15) is 24.3 Å².